The van der Waals surface area contributed by atoms with Gasteiger partial charge in [-0.15, -0.1) is 0 Å². The molecule has 0 aliphatic rings. The zero-order valence-electron chi connectivity index (χ0n) is 25.9. The number of hydrogen-bond acceptors (Lipinski definition) is 3. The highest BCUT2D eigenvalue weighted by molar-refractivity contribution is 6.25. The van der Waals surface area contributed by atoms with Crippen LogP contribution in [-0.4, -0.2) is 15.0 Å². The van der Waals surface area contributed by atoms with E-state index in [1.54, 1.807) is 0 Å². The summed E-state index contributed by atoms with van der Waals surface area (Å²) in [6.45, 7) is 0. The van der Waals surface area contributed by atoms with Crippen molar-refractivity contribution in [1.29, 1.82) is 0 Å². The Morgan fingerprint density at radius 3 is 1.35 bits per heavy atom. The van der Waals surface area contributed by atoms with Gasteiger partial charge in [-0.2, -0.15) is 0 Å². The molecule has 0 fully saturated rings. The summed E-state index contributed by atoms with van der Waals surface area (Å²) in [7, 11) is 0. The molecular formula is C45H27N3. The monoisotopic (exact) mass is 609 g/mol. The first-order valence-electron chi connectivity index (χ1n) is 16.0. The fraction of sp³-hybridized carbons (Fsp3) is 0. The normalized spacial score (nSPS) is 11.2. The van der Waals surface area contributed by atoms with Gasteiger partial charge in [0.05, 0.1) is 0 Å². The van der Waals surface area contributed by atoms with E-state index in [1.165, 1.54) is 43.4 Å². The van der Waals surface area contributed by atoms with E-state index in [0.717, 1.165) is 27.8 Å². The number of benzene rings is 7. The smallest absolute Gasteiger partial charge is 0.164 e. The van der Waals surface area contributed by atoms with Crippen molar-refractivity contribution in [3.8, 4) is 56.4 Å². The van der Waals surface area contributed by atoms with Crippen LogP contribution in [0.4, 0.5) is 0 Å². The van der Waals surface area contributed by atoms with E-state index >= 15 is 0 Å². The number of hydrogen-bond donors (Lipinski definition) is 0. The first kappa shape index (κ1) is 27.7. The second kappa shape index (κ2) is 11.6. The van der Waals surface area contributed by atoms with Crippen LogP contribution in [0.15, 0.2) is 164 Å². The summed E-state index contributed by atoms with van der Waals surface area (Å²) >= 11 is 0. The van der Waals surface area contributed by atoms with Gasteiger partial charge in [0.2, 0.25) is 0 Å². The van der Waals surface area contributed by atoms with Crippen molar-refractivity contribution >= 4 is 32.3 Å². The molecule has 8 aromatic carbocycles. The van der Waals surface area contributed by atoms with Crippen LogP contribution in [0.1, 0.15) is 0 Å². The molecule has 0 radical (unpaired) electrons. The summed E-state index contributed by atoms with van der Waals surface area (Å²) in [5, 5.41) is 7.66. The van der Waals surface area contributed by atoms with Crippen LogP contribution in [0, 0.1) is 12.1 Å². The molecule has 0 unspecified atom stereocenters. The molecule has 0 aliphatic carbocycles. The average molecular weight is 610 g/mol. The zero-order chi connectivity index (χ0) is 31.9. The maximum atomic E-state index is 4.93. The lowest BCUT2D eigenvalue weighted by molar-refractivity contribution is 1.07. The van der Waals surface area contributed by atoms with Gasteiger partial charge in [-0.1, -0.05) is 140 Å². The minimum atomic E-state index is 0.605. The van der Waals surface area contributed by atoms with Gasteiger partial charge >= 0.3 is 0 Å². The summed E-state index contributed by atoms with van der Waals surface area (Å²) in [4.78, 5) is 14.7. The largest absolute Gasteiger partial charge is 0.208 e. The SMILES string of the molecule is c1ccc(-c2nc(-c3ccccc3)nc(-c3cccc(-c4cccc(-c5ccc6c7ccccc7c7ccccc7c6c5)c4)c3)n2)cc#1. The van der Waals surface area contributed by atoms with Crippen molar-refractivity contribution in [2.75, 3.05) is 0 Å². The lowest BCUT2D eigenvalue weighted by Crippen LogP contribution is -2.00. The molecule has 222 valence electrons. The number of nitrogens with zero attached hydrogens (tertiary/aromatic N) is 3. The Labute approximate surface area is 278 Å². The number of rotatable bonds is 5. The van der Waals surface area contributed by atoms with Crippen molar-refractivity contribution in [2.24, 2.45) is 0 Å². The second-order valence-electron chi connectivity index (χ2n) is 11.9. The number of aromatic nitrogens is 3. The van der Waals surface area contributed by atoms with E-state index < -0.39 is 0 Å². The molecule has 3 nitrogen and oxygen atoms in total. The van der Waals surface area contributed by atoms with Gasteiger partial charge < -0.3 is 0 Å². The van der Waals surface area contributed by atoms with Crippen molar-refractivity contribution in [1.82, 2.24) is 15.0 Å². The van der Waals surface area contributed by atoms with Crippen LogP contribution < -0.4 is 0 Å². The van der Waals surface area contributed by atoms with Crippen LogP contribution >= 0.6 is 0 Å². The van der Waals surface area contributed by atoms with Gasteiger partial charge in [-0.05, 0) is 91.0 Å². The van der Waals surface area contributed by atoms with E-state index in [-0.39, 0.29) is 0 Å². The number of fused-ring (bicyclic) bond motifs is 6. The molecule has 9 aromatic rings. The molecule has 0 saturated heterocycles. The predicted molar refractivity (Wildman–Crippen MR) is 197 cm³/mol. The van der Waals surface area contributed by atoms with E-state index in [0.29, 0.717) is 17.5 Å². The fourth-order valence-electron chi connectivity index (χ4n) is 6.64. The fourth-order valence-corrected chi connectivity index (χ4v) is 6.64. The average Bonchev–Trinajstić information content (AvgIpc) is 3.18. The Kier molecular flexibility index (Phi) is 6.70. The molecular weight excluding hydrogens is 583 g/mol. The molecule has 0 aliphatic heterocycles. The van der Waals surface area contributed by atoms with Gasteiger partial charge in [0.15, 0.2) is 17.5 Å². The Morgan fingerprint density at radius 2 is 0.750 bits per heavy atom. The maximum Gasteiger partial charge on any atom is 0.164 e. The topological polar surface area (TPSA) is 38.7 Å². The van der Waals surface area contributed by atoms with Gasteiger partial charge in [0.25, 0.3) is 0 Å². The summed E-state index contributed by atoms with van der Waals surface area (Å²) < 4.78 is 0. The van der Waals surface area contributed by atoms with Gasteiger partial charge in [-0.3, -0.25) is 0 Å². The lowest BCUT2D eigenvalue weighted by atomic mass is 9.91. The van der Waals surface area contributed by atoms with Crippen LogP contribution in [-0.2, 0) is 0 Å². The third kappa shape index (κ3) is 4.94. The Hall–Kier alpha value is -6.63. The molecule has 1 heterocycles. The first-order valence-corrected chi connectivity index (χ1v) is 16.0. The summed E-state index contributed by atoms with van der Waals surface area (Å²) in [6, 6.07) is 63.1. The van der Waals surface area contributed by atoms with Gasteiger partial charge in [0, 0.05) is 16.7 Å². The Balaban J connectivity index is 1.14. The highest BCUT2D eigenvalue weighted by Crippen LogP contribution is 2.38. The molecule has 1 aromatic heterocycles. The molecule has 9 rings (SSSR count). The van der Waals surface area contributed by atoms with Gasteiger partial charge in [-0.25, -0.2) is 15.0 Å². The molecule has 0 saturated carbocycles. The van der Waals surface area contributed by atoms with E-state index in [9.17, 15) is 0 Å². The van der Waals surface area contributed by atoms with E-state index in [4.69, 9.17) is 15.0 Å². The van der Waals surface area contributed by atoms with Crippen LogP contribution in [0.3, 0.4) is 0 Å². The molecule has 0 amide bonds. The molecule has 48 heavy (non-hydrogen) atoms. The van der Waals surface area contributed by atoms with Crippen molar-refractivity contribution < 1.29 is 0 Å². The molecule has 0 atom stereocenters. The highest BCUT2D eigenvalue weighted by atomic mass is 15.0. The van der Waals surface area contributed by atoms with E-state index in [1.807, 2.05) is 48.5 Å². The summed E-state index contributed by atoms with van der Waals surface area (Å²) in [5.41, 5.74) is 7.31. The van der Waals surface area contributed by atoms with E-state index in [2.05, 4.69) is 127 Å². The van der Waals surface area contributed by atoms with Crippen molar-refractivity contribution in [3.63, 3.8) is 0 Å². The van der Waals surface area contributed by atoms with Crippen LogP contribution in [0.5, 0.6) is 0 Å². The lowest BCUT2D eigenvalue weighted by Gasteiger charge is -2.13. The standard InChI is InChI=1S/C45H27N3/c1-3-13-30(14-4-1)43-46-44(31-15-5-2-6-16-31)48-45(47-43)36-20-12-19-34(28-36)32-17-11-18-33(27-32)35-25-26-41-39-23-8-7-21-37(39)38-22-9-10-24-40(38)42(41)29-35/h1,3-5,7-29H. The third-order valence-corrected chi connectivity index (χ3v) is 8.98. The van der Waals surface area contributed by atoms with Crippen molar-refractivity contribution in [3.05, 3.63) is 176 Å². The molecule has 0 bridgehead atoms. The molecule has 0 spiro atoms. The minimum Gasteiger partial charge on any atom is -0.208 e. The predicted octanol–water partition coefficient (Wildman–Crippen LogP) is 11.3. The van der Waals surface area contributed by atoms with Gasteiger partial charge in [0.1, 0.15) is 0 Å². The maximum absolute atomic E-state index is 4.93. The third-order valence-electron chi connectivity index (χ3n) is 8.98. The Bertz CT molecular complexity index is 2520. The second-order valence-corrected chi connectivity index (χ2v) is 11.9. The zero-order valence-corrected chi connectivity index (χ0v) is 25.9. The Morgan fingerprint density at radius 1 is 0.292 bits per heavy atom. The quantitative estimate of drug-likeness (QED) is 0.182. The van der Waals surface area contributed by atoms with Crippen molar-refractivity contribution in [2.45, 2.75) is 0 Å². The van der Waals surface area contributed by atoms with Crippen LogP contribution in [0.2, 0.25) is 0 Å². The first-order chi connectivity index (χ1) is 23.8. The highest BCUT2D eigenvalue weighted by Gasteiger charge is 2.14. The molecule has 3 heteroatoms. The molecule has 0 N–H and O–H groups in total. The summed E-state index contributed by atoms with van der Waals surface area (Å²) in [6.07, 6.45) is 0. The minimum absolute atomic E-state index is 0.605. The van der Waals surface area contributed by atoms with Crippen LogP contribution in [0.25, 0.3) is 88.7 Å². The summed E-state index contributed by atoms with van der Waals surface area (Å²) in [5.74, 6) is 1.86.